The lowest BCUT2D eigenvalue weighted by Gasteiger charge is -2.13. The van der Waals surface area contributed by atoms with Gasteiger partial charge in [-0.25, -0.2) is 0 Å². The van der Waals surface area contributed by atoms with Crippen LogP contribution in [0.2, 0.25) is 0 Å². The maximum Gasteiger partial charge on any atom is 0.239 e. The number of aliphatic imine (C=N–C) groups is 1. The van der Waals surface area contributed by atoms with E-state index >= 15 is 0 Å². The van der Waals surface area contributed by atoms with Gasteiger partial charge in [-0.1, -0.05) is 13.0 Å². The first-order valence-electron chi connectivity index (χ1n) is 7.56. The van der Waals surface area contributed by atoms with Crippen molar-refractivity contribution in [3.05, 3.63) is 23.8 Å². The van der Waals surface area contributed by atoms with Crippen molar-refractivity contribution in [3.8, 4) is 11.5 Å². The molecule has 0 heterocycles. The Labute approximate surface area is 160 Å². The number of ether oxygens (including phenoxy) is 2. The lowest BCUT2D eigenvalue weighted by molar-refractivity contribution is -0.120. The van der Waals surface area contributed by atoms with Gasteiger partial charge >= 0.3 is 0 Å². The lowest BCUT2D eigenvalue weighted by atomic mass is 10.2. The molecule has 0 fully saturated rings. The van der Waals surface area contributed by atoms with E-state index in [2.05, 4.69) is 20.9 Å². The maximum absolute atomic E-state index is 11.6. The first-order chi connectivity index (χ1) is 11.1. The van der Waals surface area contributed by atoms with Crippen LogP contribution < -0.4 is 25.4 Å². The fraction of sp³-hybridized carbons (Fsp3) is 0.500. The monoisotopic (exact) mass is 450 g/mol. The smallest absolute Gasteiger partial charge is 0.239 e. The summed E-state index contributed by atoms with van der Waals surface area (Å²) in [6, 6.07) is 5.69. The minimum Gasteiger partial charge on any atom is -0.493 e. The van der Waals surface area contributed by atoms with Crippen LogP contribution in [0.3, 0.4) is 0 Å². The van der Waals surface area contributed by atoms with E-state index in [1.807, 2.05) is 25.1 Å². The molecule has 1 aromatic rings. The van der Waals surface area contributed by atoms with Crippen LogP contribution in [0.15, 0.2) is 23.2 Å². The van der Waals surface area contributed by atoms with Gasteiger partial charge in [-0.3, -0.25) is 9.79 Å². The van der Waals surface area contributed by atoms with Crippen LogP contribution in [0.25, 0.3) is 0 Å². The van der Waals surface area contributed by atoms with Crippen LogP contribution in [0.5, 0.6) is 11.5 Å². The lowest BCUT2D eigenvalue weighted by Crippen LogP contribution is -2.43. The zero-order valence-corrected chi connectivity index (χ0v) is 17.0. The molecule has 0 saturated carbocycles. The van der Waals surface area contributed by atoms with Gasteiger partial charge < -0.3 is 25.4 Å². The number of guanidine groups is 1. The standard InChI is InChI=1S/C16H26N4O3.HI/c1-5-8-18-15(21)11-20-16(17-2)19-10-12-6-7-13(22-3)14(9-12)23-4;/h6-7,9H,5,8,10-11H2,1-4H3,(H,18,21)(H2,17,19,20);1H. The third-order valence-corrected chi connectivity index (χ3v) is 3.12. The van der Waals surface area contributed by atoms with E-state index in [-0.39, 0.29) is 36.4 Å². The molecule has 0 aliphatic rings. The molecule has 1 amide bonds. The molecule has 1 aromatic carbocycles. The molecule has 0 aliphatic heterocycles. The van der Waals surface area contributed by atoms with Gasteiger partial charge in [-0.15, -0.1) is 24.0 Å². The molecule has 7 nitrogen and oxygen atoms in total. The van der Waals surface area contributed by atoms with Gasteiger partial charge in [0.25, 0.3) is 0 Å². The second-order valence-electron chi connectivity index (χ2n) is 4.82. The Morgan fingerprint density at radius 2 is 1.83 bits per heavy atom. The summed E-state index contributed by atoms with van der Waals surface area (Å²) >= 11 is 0. The van der Waals surface area contributed by atoms with Crippen molar-refractivity contribution >= 4 is 35.8 Å². The van der Waals surface area contributed by atoms with E-state index in [4.69, 9.17) is 9.47 Å². The summed E-state index contributed by atoms with van der Waals surface area (Å²) in [4.78, 5) is 15.7. The number of methoxy groups -OCH3 is 2. The molecule has 8 heteroatoms. The molecule has 136 valence electrons. The minimum absolute atomic E-state index is 0. The predicted molar refractivity (Wildman–Crippen MR) is 106 cm³/mol. The Balaban J connectivity index is 0.00000529. The van der Waals surface area contributed by atoms with E-state index in [9.17, 15) is 4.79 Å². The molecular formula is C16H27IN4O3. The normalized spacial score (nSPS) is 10.4. The Morgan fingerprint density at radius 3 is 2.42 bits per heavy atom. The summed E-state index contributed by atoms with van der Waals surface area (Å²) in [6.45, 7) is 3.43. The van der Waals surface area contributed by atoms with Crippen LogP contribution in [-0.2, 0) is 11.3 Å². The van der Waals surface area contributed by atoms with E-state index in [1.165, 1.54) is 0 Å². The molecule has 0 saturated heterocycles. The van der Waals surface area contributed by atoms with E-state index < -0.39 is 0 Å². The fourth-order valence-corrected chi connectivity index (χ4v) is 1.89. The second kappa shape index (κ2) is 12.7. The maximum atomic E-state index is 11.6. The van der Waals surface area contributed by atoms with Gasteiger partial charge in [0, 0.05) is 20.1 Å². The molecule has 24 heavy (non-hydrogen) atoms. The van der Waals surface area contributed by atoms with Crippen molar-refractivity contribution in [3.63, 3.8) is 0 Å². The largest absolute Gasteiger partial charge is 0.493 e. The van der Waals surface area contributed by atoms with Crippen LogP contribution in [0.4, 0.5) is 0 Å². The number of hydrogen-bond acceptors (Lipinski definition) is 4. The van der Waals surface area contributed by atoms with E-state index in [1.54, 1.807) is 21.3 Å². The molecule has 3 N–H and O–H groups in total. The SMILES string of the molecule is CCCNC(=O)CNC(=NC)NCc1ccc(OC)c(OC)c1.I. The predicted octanol–water partition coefficient (Wildman–Crippen LogP) is 1.51. The van der Waals surface area contributed by atoms with Gasteiger partial charge in [0.1, 0.15) is 0 Å². The first kappa shape index (κ1) is 22.3. The summed E-state index contributed by atoms with van der Waals surface area (Å²) in [7, 11) is 4.86. The number of carbonyl (C=O) groups is 1. The summed E-state index contributed by atoms with van der Waals surface area (Å²) in [5.41, 5.74) is 1.01. The van der Waals surface area contributed by atoms with Gasteiger partial charge in [0.05, 0.1) is 20.8 Å². The molecule has 0 unspecified atom stereocenters. The molecular weight excluding hydrogens is 423 g/mol. The molecule has 0 aliphatic carbocycles. The number of carbonyl (C=O) groups excluding carboxylic acids is 1. The van der Waals surface area contributed by atoms with Crippen molar-refractivity contribution in [2.75, 3.05) is 34.4 Å². The summed E-state index contributed by atoms with van der Waals surface area (Å²) in [6.07, 6.45) is 0.915. The van der Waals surface area contributed by atoms with Crippen LogP contribution >= 0.6 is 24.0 Å². The van der Waals surface area contributed by atoms with Crippen molar-refractivity contribution in [1.29, 1.82) is 0 Å². The zero-order valence-electron chi connectivity index (χ0n) is 14.6. The average molecular weight is 450 g/mol. The number of halogens is 1. The minimum atomic E-state index is -0.0547. The third-order valence-electron chi connectivity index (χ3n) is 3.12. The number of hydrogen-bond donors (Lipinski definition) is 3. The van der Waals surface area contributed by atoms with Gasteiger partial charge in [0.15, 0.2) is 17.5 Å². The van der Waals surface area contributed by atoms with Crippen LogP contribution in [-0.4, -0.2) is 46.2 Å². The van der Waals surface area contributed by atoms with Crippen molar-refractivity contribution in [2.24, 2.45) is 4.99 Å². The number of nitrogens with one attached hydrogen (secondary N) is 3. The molecule has 1 rings (SSSR count). The molecule has 0 aromatic heterocycles. The highest BCUT2D eigenvalue weighted by Gasteiger charge is 2.06. The quantitative estimate of drug-likeness (QED) is 0.318. The van der Waals surface area contributed by atoms with Gasteiger partial charge in [0.2, 0.25) is 5.91 Å². The number of amides is 1. The first-order valence-corrected chi connectivity index (χ1v) is 7.56. The van der Waals surface area contributed by atoms with Crippen molar-refractivity contribution in [2.45, 2.75) is 19.9 Å². The Kier molecular flexibility index (Phi) is 11.8. The highest BCUT2D eigenvalue weighted by molar-refractivity contribution is 14.0. The van der Waals surface area contributed by atoms with Crippen LogP contribution in [0.1, 0.15) is 18.9 Å². The van der Waals surface area contributed by atoms with Crippen molar-refractivity contribution < 1.29 is 14.3 Å². The van der Waals surface area contributed by atoms with Gasteiger partial charge in [-0.2, -0.15) is 0 Å². The van der Waals surface area contributed by atoms with E-state index in [0.29, 0.717) is 30.5 Å². The van der Waals surface area contributed by atoms with Gasteiger partial charge in [-0.05, 0) is 24.1 Å². The summed E-state index contributed by atoms with van der Waals surface area (Å²) in [5.74, 6) is 1.87. The topological polar surface area (TPSA) is 84.0 Å². The summed E-state index contributed by atoms with van der Waals surface area (Å²) in [5, 5.41) is 8.92. The Bertz CT molecular complexity index is 538. The fourth-order valence-electron chi connectivity index (χ4n) is 1.89. The number of nitrogens with zero attached hydrogens (tertiary/aromatic N) is 1. The second-order valence-corrected chi connectivity index (χ2v) is 4.82. The molecule has 0 radical (unpaired) electrons. The highest BCUT2D eigenvalue weighted by atomic mass is 127. The highest BCUT2D eigenvalue weighted by Crippen LogP contribution is 2.27. The number of benzene rings is 1. The van der Waals surface area contributed by atoms with E-state index in [0.717, 1.165) is 12.0 Å². The zero-order chi connectivity index (χ0) is 17.1. The molecule has 0 spiro atoms. The summed E-state index contributed by atoms with van der Waals surface area (Å²) < 4.78 is 10.5. The number of rotatable bonds is 8. The molecule has 0 bridgehead atoms. The molecule has 0 atom stereocenters. The third kappa shape index (κ3) is 7.71. The average Bonchev–Trinajstić information content (AvgIpc) is 2.59. The van der Waals surface area contributed by atoms with Crippen LogP contribution in [0, 0.1) is 0 Å². The van der Waals surface area contributed by atoms with Crippen molar-refractivity contribution in [1.82, 2.24) is 16.0 Å². The Hall–Kier alpha value is -1.71. The Morgan fingerprint density at radius 1 is 1.12 bits per heavy atom.